The Bertz CT molecular complexity index is 266. The van der Waals surface area contributed by atoms with E-state index in [1.807, 2.05) is 0 Å². The molecule has 0 atom stereocenters. The van der Waals surface area contributed by atoms with Crippen molar-refractivity contribution in [2.45, 2.75) is 58.8 Å². The summed E-state index contributed by atoms with van der Waals surface area (Å²) in [7, 11) is 0. The van der Waals surface area contributed by atoms with Gasteiger partial charge in [0.2, 0.25) is 0 Å². The Morgan fingerprint density at radius 1 is 1.17 bits per heavy atom. The number of rotatable bonds is 4. The molecule has 0 aromatic rings. The molecular formula is C15H32N2S. The van der Waals surface area contributed by atoms with Gasteiger partial charge in [-0.25, -0.2) is 0 Å². The maximum atomic E-state index is 3.64. The van der Waals surface area contributed by atoms with E-state index < -0.39 is 0 Å². The lowest BCUT2D eigenvalue weighted by Crippen LogP contribution is -2.50. The Hall–Kier alpha value is 0.270. The first-order valence-corrected chi connectivity index (χ1v) is 8.09. The van der Waals surface area contributed by atoms with Gasteiger partial charge >= 0.3 is 0 Å². The summed E-state index contributed by atoms with van der Waals surface area (Å²) in [5, 5.41) is 3.64. The van der Waals surface area contributed by atoms with Crippen molar-refractivity contribution in [2.24, 2.45) is 5.41 Å². The van der Waals surface area contributed by atoms with Crippen LogP contribution in [0.2, 0.25) is 0 Å². The second-order valence-electron chi connectivity index (χ2n) is 8.09. The summed E-state index contributed by atoms with van der Waals surface area (Å²) in [6.07, 6.45) is 0. The molecule has 18 heavy (non-hydrogen) atoms. The molecular weight excluding hydrogens is 240 g/mol. The highest BCUT2D eigenvalue weighted by Gasteiger charge is 2.31. The zero-order chi connectivity index (χ0) is 14.0. The average Bonchev–Trinajstić information content (AvgIpc) is 2.11. The van der Waals surface area contributed by atoms with Gasteiger partial charge in [-0.3, -0.25) is 0 Å². The summed E-state index contributed by atoms with van der Waals surface area (Å²) in [5.74, 6) is 1.27. The molecule has 1 fully saturated rings. The Morgan fingerprint density at radius 2 is 1.78 bits per heavy atom. The Morgan fingerprint density at radius 3 is 2.28 bits per heavy atom. The van der Waals surface area contributed by atoms with Crippen LogP contribution in [0.15, 0.2) is 0 Å². The van der Waals surface area contributed by atoms with Crippen molar-refractivity contribution in [2.75, 3.05) is 31.9 Å². The summed E-state index contributed by atoms with van der Waals surface area (Å²) in [6, 6.07) is 0. The molecule has 1 heterocycles. The van der Waals surface area contributed by atoms with E-state index >= 15 is 0 Å². The zero-order valence-electron chi connectivity index (χ0n) is 13.4. The molecule has 0 saturated carbocycles. The van der Waals surface area contributed by atoms with Gasteiger partial charge in [-0.2, -0.15) is 11.8 Å². The molecule has 1 aliphatic heterocycles. The Kier molecular flexibility index (Phi) is 5.19. The van der Waals surface area contributed by atoms with Gasteiger partial charge in [0.05, 0.1) is 0 Å². The Labute approximate surface area is 118 Å². The van der Waals surface area contributed by atoms with Gasteiger partial charge in [-0.05, 0) is 40.0 Å². The van der Waals surface area contributed by atoms with Gasteiger partial charge in [0.25, 0.3) is 0 Å². The van der Waals surface area contributed by atoms with E-state index in [0.29, 0.717) is 10.2 Å². The Balaban J connectivity index is 2.44. The molecule has 1 saturated heterocycles. The number of nitrogens with one attached hydrogen (secondary N) is 1. The van der Waals surface area contributed by atoms with Crippen molar-refractivity contribution in [3.63, 3.8) is 0 Å². The first kappa shape index (κ1) is 16.3. The van der Waals surface area contributed by atoms with E-state index in [1.54, 1.807) is 0 Å². The molecule has 0 amide bonds. The second kappa shape index (κ2) is 5.72. The molecule has 0 radical (unpaired) electrons. The van der Waals surface area contributed by atoms with Crippen molar-refractivity contribution < 1.29 is 0 Å². The van der Waals surface area contributed by atoms with Crippen molar-refractivity contribution in [3.05, 3.63) is 0 Å². The predicted molar refractivity (Wildman–Crippen MR) is 84.5 cm³/mol. The van der Waals surface area contributed by atoms with Crippen LogP contribution < -0.4 is 5.32 Å². The van der Waals surface area contributed by atoms with Crippen LogP contribution in [0.4, 0.5) is 0 Å². The van der Waals surface area contributed by atoms with Gasteiger partial charge < -0.3 is 10.2 Å². The third kappa shape index (κ3) is 6.44. The van der Waals surface area contributed by atoms with Crippen LogP contribution in [-0.2, 0) is 0 Å². The van der Waals surface area contributed by atoms with E-state index in [4.69, 9.17) is 0 Å². The quantitative estimate of drug-likeness (QED) is 0.846. The molecule has 108 valence electrons. The molecule has 0 aromatic heterocycles. The van der Waals surface area contributed by atoms with E-state index in [2.05, 4.69) is 70.4 Å². The van der Waals surface area contributed by atoms with Gasteiger partial charge in [-0.1, -0.05) is 13.8 Å². The molecule has 0 unspecified atom stereocenters. The average molecular weight is 273 g/mol. The van der Waals surface area contributed by atoms with Crippen LogP contribution in [0.3, 0.4) is 0 Å². The fourth-order valence-corrected chi connectivity index (χ4v) is 3.59. The lowest BCUT2D eigenvalue weighted by atomic mass is 9.91. The SMILES string of the molecule is CC(C)(CNC(C)(C)C)CN1CCSC(C)(C)C1. The van der Waals surface area contributed by atoms with Gasteiger partial charge in [-0.15, -0.1) is 0 Å². The van der Waals surface area contributed by atoms with Crippen LogP contribution in [-0.4, -0.2) is 47.1 Å². The maximum absolute atomic E-state index is 3.64. The van der Waals surface area contributed by atoms with Crippen molar-refractivity contribution in [3.8, 4) is 0 Å². The summed E-state index contributed by atoms with van der Waals surface area (Å²) in [4.78, 5) is 2.64. The summed E-state index contributed by atoms with van der Waals surface area (Å²) >= 11 is 2.11. The molecule has 3 heteroatoms. The minimum absolute atomic E-state index is 0.217. The topological polar surface area (TPSA) is 15.3 Å². The molecule has 1 aliphatic rings. The fourth-order valence-electron chi connectivity index (χ4n) is 2.41. The van der Waals surface area contributed by atoms with E-state index in [-0.39, 0.29) is 5.54 Å². The number of hydrogen-bond donors (Lipinski definition) is 1. The van der Waals surface area contributed by atoms with Gasteiger partial charge in [0.15, 0.2) is 0 Å². The third-order valence-electron chi connectivity index (χ3n) is 3.25. The summed E-state index contributed by atoms with van der Waals surface area (Å²) in [5.41, 5.74) is 0.555. The monoisotopic (exact) mass is 272 g/mol. The lowest BCUT2D eigenvalue weighted by Gasteiger charge is -2.42. The number of hydrogen-bond acceptors (Lipinski definition) is 3. The van der Waals surface area contributed by atoms with Crippen molar-refractivity contribution in [1.29, 1.82) is 0 Å². The summed E-state index contributed by atoms with van der Waals surface area (Å²) < 4.78 is 0.422. The summed E-state index contributed by atoms with van der Waals surface area (Å²) in [6.45, 7) is 20.9. The number of nitrogens with zero attached hydrogens (tertiary/aromatic N) is 1. The highest BCUT2D eigenvalue weighted by Crippen LogP contribution is 2.31. The minimum Gasteiger partial charge on any atom is -0.311 e. The minimum atomic E-state index is 0.217. The first-order valence-electron chi connectivity index (χ1n) is 7.11. The van der Waals surface area contributed by atoms with E-state index in [0.717, 1.165) is 6.54 Å². The smallest absolute Gasteiger partial charge is 0.0231 e. The van der Waals surface area contributed by atoms with Crippen molar-refractivity contribution >= 4 is 11.8 Å². The van der Waals surface area contributed by atoms with Crippen molar-refractivity contribution in [1.82, 2.24) is 10.2 Å². The van der Waals surface area contributed by atoms with Crippen LogP contribution in [0.1, 0.15) is 48.5 Å². The van der Waals surface area contributed by atoms with Crippen LogP contribution in [0.5, 0.6) is 0 Å². The maximum Gasteiger partial charge on any atom is 0.0231 e. The standard InChI is InChI=1S/C15H32N2S/c1-13(2,3)16-10-14(4,5)11-17-8-9-18-15(6,7)12-17/h16H,8-12H2,1-7H3. The molecule has 1 rings (SSSR count). The second-order valence-corrected chi connectivity index (χ2v) is 9.89. The zero-order valence-corrected chi connectivity index (χ0v) is 14.2. The van der Waals surface area contributed by atoms with Crippen LogP contribution in [0, 0.1) is 5.41 Å². The third-order valence-corrected chi connectivity index (χ3v) is 4.55. The highest BCUT2D eigenvalue weighted by molar-refractivity contribution is 8.00. The van der Waals surface area contributed by atoms with E-state index in [9.17, 15) is 0 Å². The molecule has 2 nitrogen and oxygen atoms in total. The highest BCUT2D eigenvalue weighted by atomic mass is 32.2. The predicted octanol–water partition coefficient (Wildman–Crippen LogP) is 3.23. The fraction of sp³-hybridized carbons (Fsp3) is 1.00. The molecule has 0 spiro atoms. The van der Waals surface area contributed by atoms with Crippen LogP contribution >= 0.6 is 11.8 Å². The largest absolute Gasteiger partial charge is 0.311 e. The van der Waals surface area contributed by atoms with Gasteiger partial charge in [0, 0.05) is 42.2 Å². The van der Waals surface area contributed by atoms with E-state index in [1.165, 1.54) is 25.4 Å². The normalized spacial score (nSPS) is 22.2. The molecule has 0 bridgehead atoms. The number of thioether (sulfide) groups is 1. The lowest BCUT2D eigenvalue weighted by molar-refractivity contribution is 0.160. The van der Waals surface area contributed by atoms with Gasteiger partial charge in [0.1, 0.15) is 0 Å². The molecule has 0 aromatic carbocycles. The molecule has 1 N–H and O–H groups in total. The molecule has 0 aliphatic carbocycles. The first-order chi connectivity index (χ1) is 7.99. The van der Waals surface area contributed by atoms with Crippen LogP contribution in [0.25, 0.3) is 0 Å².